The van der Waals surface area contributed by atoms with E-state index in [0.717, 1.165) is 25.8 Å². The molecule has 6 heteroatoms. The minimum absolute atomic E-state index is 0.760. The summed E-state index contributed by atoms with van der Waals surface area (Å²) < 4.78 is 0.924. The van der Waals surface area contributed by atoms with Crippen LogP contribution in [0.5, 0.6) is 0 Å². The third-order valence-corrected chi connectivity index (χ3v) is 4.62. The average molecular weight is 286 g/mol. The summed E-state index contributed by atoms with van der Waals surface area (Å²) in [6.07, 6.45) is 0. The number of hydrogen-bond donors (Lipinski definition) is 1. The van der Waals surface area contributed by atoms with Gasteiger partial charge in [0, 0.05) is 11.4 Å². The maximum Gasteiger partial charge on any atom is 0.179 e. The third kappa shape index (κ3) is 3.19. The van der Waals surface area contributed by atoms with Gasteiger partial charge in [-0.2, -0.15) is 0 Å². The zero-order valence-corrected chi connectivity index (χ0v) is 11.9. The molecule has 0 aliphatic rings. The van der Waals surface area contributed by atoms with Gasteiger partial charge in [-0.1, -0.05) is 46.8 Å². The van der Waals surface area contributed by atoms with Gasteiger partial charge in [0.1, 0.15) is 5.01 Å². The van der Waals surface area contributed by atoms with Crippen LogP contribution in [-0.2, 0) is 6.54 Å². The molecule has 3 nitrogen and oxygen atoms in total. The second-order valence-corrected chi connectivity index (χ2v) is 6.29. The lowest BCUT2D eigenvalue weighted by molar-refractivity contribution is 0.803. The Kier molecular flexibility index (Phi) is 4.39. The van der Waals surface area contributed by atoms with Crippen LogP contribution in [0.2, 0.25) is 5.02 Å². The summed E-state index contributed by atoms with van der Waals surface area (Å²) in [7, 11) is 1.92. The van der Waals surface area contributed by atoms with Crippen molar-refractivity contribution in [2.24, 2.45) is 0 Å². The van der Waals surface area contributed by atoms with Crippen LogP contribution in [0.4, 0.5) is 0 Å². The van der Waals surface area contributed by atoms with E-state index in [0.29, 0.717) is 0 Å². The molecule has 0 unspecified atom stereocenters. The van der Waals surface area contributed by atoms with Gasteiger partial charge in [-0.05, 0) is 25.6 Å². The molecule has 1 aromatic carbocycles. The fraction of sp³-hybridized carbons (Fsp3) is 0.273. The molecule has 0 aliphatic heterocycles. The zero-order chi connectivity index (χ0) is 12.3. The smallest absolute Gasteiger partial charge is 0.179 e. The monoisotopic (exact) mass is 285 g/mol. The summed E-state index contributed by atoms with van der Waals surface area (Å²) in [5.74, 6) is 0. The molecule has 2 rings (SSSR count). The molecule has 0 aliphatic carbocycles. The van der Waals surface area contributed by atoms with E-state index in [2.05, 4.69) is 21.6 Å². The molecule has 0 spiro atoms. The Morgan fingerprint density at radius 2 is 2.24 bits per heavy atom. The second kappa shape index (κ2) is 5.82. The summed E-state index contributed by atoms with van der Waals surface area (Å²) >= 11 is 9.38. The largest absolute Gasteiger partial charge is 0.316 e. The highest BCUT2D eigenvalue weighted by molar-refractivity contribution is 8.01. The first-order valence-electron chi connectivity index (χ1n) is 5.10. The zero-order valence-electron chi connectivity index (χ0n) is 9.53. The van der Waals surface area contributed by atoms with Crippen molar-refractivity contribution >= 4 is 34.7 Å². The van der Waals surface area contributed by atoms with Crippen LogP contribution in [0.3, 0.4) is 0 Å². The molecule has 0 fully saturated rings. The van der Waals surface area contributed by atoms with Crippen LogP contribution in [-0.4, -0.2) is 17.2 Å². The van der Waals surface area contributed by atoms with Gasteiger partial charge in [-0.3, -0.25) is 0 Å². The molecule has 0 radical (unpaired) electrons. The van der Waals surface area contributed by atoms with Gasteiger partial charge < -0.3 is 5.32 Å². The normalized spacial score (nSPS) is 10.8. The Balaban J connectivity index is 2.30. The second-order valence-electron chi connectivity index (χ2n) is 3.45. The van der Waals surface area contributed by atoms with E-state index in [1.165, 1.54) is 5.56 Å². The summed E-state index contributed by atoms with van der Waals surface area (Å²) in [5, 5.41) is 13.0. The van der Waals surface area contributed by atoms with E-state index in [9.17, 15) is 0 Å². The SMILES string of the molecule is CNCc1cccc(Cl)c1Sc1nnc(C)s1. The number of aryl methyl sites for hydroxylation is 1. The number of halogens is 1. The predicted molar refractivity (Wildman–Crippen MR) is 73.0 cm³/mol. The van der Waals surface area contributed by atoms with Crippen LogP contribution >= 0.6 is 34.7 Å². The first-order chi connectivity index (χ1) is 8.20. The fourth-order valence-corrected chi connectivity index (χ4v) is 3.60. The minimum Gasteiger partial charge on any atom is -0.316 e. The lowest BCUT2D eigenvalue weighted by atomic mass is 10.2. The molecule has 0 bridgehead atoms. The van der Waals surface area contributed by atoms with Gasteiger partial charge in [-0.25, -0.2) is 0 Å². The van der Waals surface area contributed by atoms with E-state index >= 15 is 0 Å². The van der Waals surface area contributed by atoms with Gasteiger partial charge in [0.25, 0.3) is 0 Å². The molecular formula is C11H12ClN3S2. The lowest BCUT2D eigenvalue weighted by Crippen LogP contribution is -2.06. The molecule has 2 aromatic rings. The lowest BCUT2D eigenvalue weighted by Gasteiger charge is -2.08. The van der Waals surface area contributed by atoms with Gasteiger partial charge in [0.15, 0.2) is 4.34 Å². The number of aromatic nitrogens is 2. The molecule has 90 valence electrons. The molecule has 1 heterocycles. The summed E-state index contributed by atoms with van der Waals surface area (Å²) in [6, 6.07) is 5.93. The van der Waals surface area contributed by atoms with E-state index in [4.69, 9.17) is 11.6 Å². The molecule has 1 N–H and O–H groups in total. The molecular weight excluding hydrogens is 274 g/mol. The van der Waals surface area contributed by atoms with Crippen molar-refractivity contribution in [1.29, 1.82) is 0 Å². The molecule has 0 saturated carbocycles. The van der Waals surface area contributed by atoms with Crippen LogP contribution in [0.25, 0.3) is 0 Å². The predicted octanol–water partition coefficient (Wildman–Crippen LogP) is 3.37. The van der Waals surface area contributed by atoms with Crippen molar-refractivity contribution in [2.45, 2.75) is 22.7 Å². The average Bonchev–Trinajstić information content (AvgIpc) is 2.70. The highest BCUT2D eigenvalue weighted by Crippen LogP contribution is 2.37. The van der Waals surface area contributed by atoms with E-state index in [1.54, 1.807) is 23.1 Å². The first-order valence-corrected chi connectivity index (χ1v) is 7.11. The third-order valence-electron chi connectivity index (χ3n) is 2.11. The number of benzene rings is 1. The Hall–Kier alpha value is -0.620. The Labute approximate surface area is 114 Å². The van der Waals surface area contributed by atoms with Crippen LogP contribution in [0.1, 0.15) is 10.6 Å². The summed E-state index contributed by atoms with van der Waals surface area (Å²) in [6.45, 7) is 2.74. The van der Waals surface area contributed by atoms with Gasteiger partial charge in [0.05, 0.1) is 5.02 Å². The van der Waals surface area contributed by atoms with Crippen LogP contribution < -0.4 is 5.32 Å². The molecule has 0 amide bonds. The van der Waals surface area contributed by atoms with Gasteiger partial charge >= 0.3 is 0 Å². The van der Waals surface area contributed by atoms with Gasteiger partial charge in [-0.15, -0.1) is 10.2 Å². The Morgan fingerprint density at radius 3 is 2.88 bits per heavy atom. The quantitative estimate of drug-likeness (QED) is 0.935. The first kappa shape index (κ1) is 12.8. The summed E-state index contributed by atoms with van der Waals surface area (Å²) in [5.41, 5.74) is 1.18. The van der Waals surface area contributed by atoms with E-state index in [1.807, 2.05) is 26.1 Å². The van der Waals surface area contributed by atoms with Crippen molar-refractivity contribution in [3.05, 3.63) is 33.8 Å². The summed E-state index contributed by atoms with van der Waals surface area (Å²) in [4.78, 5) is 1.06. The van der Waals surface area contributed by atoms with E-state index < -0.39 is 0 Å². The standard InChI is InChI=1S/C11H12ClN3S2/c1-7-14-15-11(16-7)17-10-8(6-13-2)4-3-5-9(10)12/h3-5,13H,6H2,1-2H3. The van der Waals surface area contributed by atoms with E-state index in [-0.39, 0.29) is 0 Å². The fourth-order valence-electron chi connectivity index (χ4n) is 1.40. The number of nitrogens with one attached hydrogen (secondary N) is 1. The maximum absolute atomic E-state index is 6.23. The maximum atomic E-state index is 6.23. The highest BCUT2D eigenvalue weighted by Gasteiger charge is 2.11. The van der Waals surface area contributed by atoms with Crippen LogP contribution in [0, 0.1) is 6.92 Å². The number of rotatable bonds is 4. The highest BCUT2D eigenvalue weighted by atomic mass is 35.5. The number of hydrogen-bond acceptors (Lipinski definition) is 5. The van der Waals surface area contributed by atoms with Crippen molar-refractivity contribution < 1.29 is 0 Å². The Bertz CT molecular complexity index is 513. The van der Waals surface area contributed by atoms with Crippen molar-refractivity contribution in [1.82, 2.24) is 15.5 Å². The van der Waals surface area contributed by atoms with Gasteiger partial charge in [0.2, 0.25) is 0 Å². The topological polar surface area (TPSA) is 37.8 Å². The number of nitrogens with zero attached hydrogens (tertiary/aromatic N) is 2. The molecule has 1 aromatic heterocycles. The Morgan fingerprint density at radius 1 is 1.41 bits per heavy atom. The van der Waals surface area contributed by atoms with Crippen molar-refractivity contribution in [2.75, 3.05) is 7.05 Å². The molecule has 17 heavy (non-hydrogen) atoms. The molecule has 0 saturated heterocycles. The van der Waals surface area contributed by atoms with Crippen molar-refractivity contribution in [3.63, 3.8) is 0 Å². The van der Waals surface area contributed by atoms with Crippen LogP contribution in [0.15, 0.2) is 27.4 Å². The minimum atomic E-state index is 0.760. The van der Waals surface area contributed by atoms with Crippen molar-refractivity contribution in [3.8, 4) is 0 Å². The molecule has 0 atom stereocenters.